The zero-order chi connectivity index (χ0) is 35.5. The van der Waals surface area contributed by atoms with Crippen molar-refractivity contribution in [1.82, 2.24) is 4.98 Å². The van der Waals surface area contributed by atoms with Crippen molar-refractivity contribution in [1.29, 1.82) is 0 Å². The minimum absolute atomic E-state index is 0.953. The molecule has 3 aliphatic rings. The fraction of sp³-hybridized carbons (Fsp3) is 0.0577. The highest BCUT2D eigenvalue weighted by Gasteiger charge is 2.25. The minimum atomic E-state index is 0.953. The van der Waals surface area contributed by atoms with E-state index in [0.717, 1.165) is 12.0 Å². The van der Waals surface area contributed by atoms with E-state index >= 15 is 0 Å². The lowest BCUT2D eigenvalue weighted by atomic mass is 9.87. The maximum Gasteiger partial charge on any atom is 0.0346 e. The number of hydrogen-bond donors (Lipinski definition) is 0. The van der Waals surface area contributed by atoms with E-state index in [1.165, 1.54) is 105 Å². The summed E-state index contributed by atoms with van der Waals surface area (Å²) in [5, 5.41) is 5.32. The van der Waals surface area contributed by atoms with Crippen LogP contribution in [0.1, 0.15) is 31.4 Å². The molecule has 0 N–H and O–H groups in total. The molecule has 0 unspecified atom stereocenters. The molecule has 0 radical (unpaired) electrons. The molecular weight excluding hydrogens is 639 g/mol. The van der Waals surface area contributed by atoms with E-state index in [0.29, 0.717) is 0 Å². The number of nitrogens with zero attached hydrogens (tertiary/aromatic N) is 1. The molecule has 11 rings (SSSR count). The quantitative estimate of drug-likeness (QED) is 0.181. The summed E-state index contributed by atoms with van der Waals surface area (Å²) in [5.41, 5.74) is 20.5. The van der Waals surface area contributed by atoms with E-state index in [4.69, 9.17) is 0 Å². The van der Waals surface area contributed by atoms with E-state index in [1.54, 1.807) is 0 Å². The van der Waals surface area contributed by atoms with Gasteiger partial charge in [0.25, 0.3) is 0 Å². The second kappa shape index (κ2) is 12.6. The van der Waals surface area contributed by atoms with Crippen molar-refractivity contribution < 1.29 is 0 Å². The molecule has 7 aromatic carbocycles. The van der Waals surface area contributed by atoms with Crippen LogP contribution in [0.4, 0.5) is 0 Å². The molecule has 0 amide bonds. The number of allylic oxidation sites excluding steroid dienone is 6. The number of hydrogen-bond acceptors (Lipinski definition) is 1. The molecule has 1 nitrogen and oxygen atoms in total. The second-order valence-electron chi connectivity index (χ2n) is 13.8. The summed E-state index contributed by atoms with van der Waals surface area (Å²) < 4.78 is 0. The van der Waals surface area contributed by atoms with Gasteiger partial charge in [-0.05, 0) is 141 Å². The highest BCUT2D eigenvalue weighted by Crippen LogP contribution is 2.51. The Bertz CT molecular complexity index is 2820. The van der Waals surface area contributed by atoms with Gasteiger partial charge in [-0.3, -0.25) is 4.98 Å². The summed E-state index contributed by atoms with van der Waals surface area (Å²) in [7, 11) is 0. The standard InChI is InChI=1S/C50H31N.C2H6/c1-2-10-39-41(11-3-1)47-24-22-37(43-14-6-16-45(39)49(43)47)35-27-34(32-20-18-31(19-21-32)33-9-8-26-51-30-33)28-36(29-35)38-23-25-48-42-13-5-4-12-40(42)46-17-7-15-44(38)50(46)48;1-2/h1-10,12-30H,11H2;1-2H3. The lowest BCUT2D eigenvalue weighted by molar-refractivity contribution is 1.33. The molecule has 1 heterocycles. The third kappa shape index (κ3) is 4.89. The van der Waals surface area contributed by atoms with Crippen molar-refractivity contribution in [3.63, 3.8) is 0 Å². The maximum atomic E-state index is 4.35. The van der Waals surface area contributed by atoms with Crippen LogP contribution in [0, 0.1) is 0 Å². The monoisotopic (exact) mass is 675 g/mol. The van der Waals surface area contributed by atoms with Gasteiger partial charge in [0, 0.05) is 12.4 Å². The minimum Gasteiger partial charge on any atom is -0.264 e. The SMILES string of the molecule is C1=CCC2=C(C=C1)c1cccc3c(-c4cc(-c5ccc(-c6cccnc6)cc5)cc(-c5ccc6c7c(cccc57)-c5ccccc5-6)c4)ccc2c13.CC. The van der Waals surface area contributed by atoms with Gasteiger partial charge < -0.3 is 0 Å². The van der Waals surface area contributed by atoms with Crippen LogP contribution in [-0.2, 0) is 0 Å². The molecule has 0 atom stereocenters. The molecule has 0 spiro atoms. The Balaban J connectivity index is 0.00000172. The number of pyridine rings is 1. The molecule has 0 saturated carbocycles. The van der Waals surface area contributed by atoms with Crippen molar-refractivity contribution >= 4 is 32.7 Å². The Morgan fingerprint density at radius 3 is 1.66 bits per heavy atom. The fourth-order valence-corrected chi connectivity index (χ4v) is 8.82. The van der Waals surface area contributed by atoms with E-state index < -0.39 is 0 Å². The molecule has 3 aliphatic carbocycles. The lowest BCUT2D eigenvalue weighted by Crippen LogP contribution is -1.90. The first-order valence-corrected chi connectivity index (χ1v) is 18.8. The number of fused-ring (bicyclic) bond motifs is 5. The van der Waals surface area contributed by atoms with Crippen LogP contribution in [0.15, 0.2) is 176 Å². The molecule has 0 aliphatic heterocycles. The van der Waals surface area contributed by atoms with Crippen molar-refractivity contribution in [2.45, 2.75) is 20.3 Å². The number of rotatable bonds is 4. The van der Waals surface area contributed by atoms with E-state index in [1.807, 2.05) is 32.3 Å². The average molecular weight is 676 g/mol. The highest BCUT2D eigenvalue weighted by atomic mass is 14.6. The molecule has 1 aromatic heterocycles. The topological polar surface area (TPSA) is 12.9 Å². The van der Waals surface area contributed by atoms with Crippen LogP contribution >= 0.6 is 0 Å². The van der Waals surface area contributed by atoms with Gasteiger partial charge in [0.1, 0.15) is 0 Å². The summed E-state index contributed by atoms with van der Waals surface area (Å²) in [6.45, 7) is 4.00. The zero-order valence-corrected chi connectivity index (χ0v) is 29.9. The highest BCUT2D eigenvalue weighted by molar-refractivity contribution is 6.20. The third-order valence-corrected chi connectivity index (χ3v) is 11.1. The van der Waals surface area contributed by atoms with E-state index in [9.17, 15) is 0 Å². The Hall–Kier alpha value is -6.57. The van der Waals surface area contributed by atoms with Gasteiger partial charge in [-0.1, -0.05) is 153 Å². The van der Waals surface area contributed by atoms with Crippen molar-refractivity contribution in [3.8, 4) is 66.8 Å². The molecule has 250 valence electrons. The van der Waals surface area contributed by atoms with Crippen molar-refractivity contribution in [3.05, 3.63) is 187 Å². The average Bonchev–Trinajstić information content (AvgIpc) is 3.59. The van der Waals surface area contributed by atoms with Gasteiger partial charge >= 0.3 is 0 Å². The predicted molar refractivity (Wildman–Crippen MR) is 226 cm³/mol. The summed E-state index contributed by atoms with van der Waals surface area (Å²) in [6, 6.07) is 52.1. The fourth-order valence-electron chi connectivity index (χ4n) is 8.82. The van der Waals surface area contributed by atoms with E-state index in [-0.39, 0.29) is 0 Å². The Morgan fingerprint density at radius 2 is 0.981 bits per heavy atom. The maximum absolute atomic E-state index is 4.35. The van der Waals surface area contributed by atoms with Gasteiger partial charge in [-0.15, -0.1) is 0 Å². The van der Waals surface area contributed by atoms with Crippen LogP contribution in [0.3, 0.4) is 0 Å². The number of aromatic nitrogens is 1. The van der Waals surface area contributed by atoms with Gasteiger partial charge in [0.15, 0.2) is 0 Å². The molecule has 0 bridgehead atoms. The first kappa shape index (κ1) is 31.2. The zero-order valence-electron chi connectivity index (χ0n) is 29.9. The first-order chi connectivity index (χ1) is 26.3. The van der Waals surface area contributed by atoms with Crippen LogP contribution < -0.4 is 0 Å². The molecular formula is C52H37N. The second-order valence-corrected chi connectivity index (χ2v) is 13.8. The van der Waals surface area contributed by atoms with Crippen LogP contribution in [0.2, 0.25) is 0 Å². The molecule has 0 saturated heterocycles. The Kier molecular flexibility index (Phi) is 7.40. The van der Waals surface area contributed by atoms with Gasteiger partial charge in [-0.25, -0.2) is 0 Å². The molecule has 8 aromatic rings. The van der Waals surface area contributed by atoms with Crippen LogP contribution in [0.5, 0.6) is 0 Å². The smallest absolute Gasteiger partial charge is 0.0346 e. The van der Waals surface area contributed by atoms with Gasteiger partial charge in [0.05, 0.1) is 0 Å². The van der Waals surface area contributed by atoms with Gasteiger partial charge in [0.2, 0.25) is 0 Å². The summed E-state index contributed by atoms with van der Waals surface area (Å²) in [4.78, 5) is 4.35. The van der Waals surface area contributed by atoms with Crippen LogP contribution in [0.25, 0.3) is 99.5 Å². The largest absolute Gasteiger partial charge is 0.264 e. The van der Waals surface area contributed by atoms with Crippen LogP contribution in [-0.4, -0.2) is 4.98 Å². The lowest BCUT2D eigenvalue weighted by Gasteiger charge is -2.16. The summed E-state index contributed by atoms with van der Waals surface area (Å²) >= 11 is 0. The Labute approximate surface area is 311 Å². The normalized spacial score (nSPS) is 13.2. The molecule has 1 heteroatoms. The number of benzene rings is 7. The van der Waals surface area contributed by atoms with Crippen molar-refractivity contribution in [2.24, 2.45) is 0 Å². The Morgan fingerprint density at radius 1 is 0.415 bits per heavy atom. The predicted octanol–water partition coefficient (Wildman–Crippen LogP) is 14.5. The summed E-state index contributed by atoms with van der Waals surface area (Å²) in [6.07, 6.45) is 13.6. The first-order valence-electron chi connectivity index (χ1n) is 18.8. The molecule has 0 fully saturated rings. The summed E-state index contributed by atoms with van der Waals surface area (Å²) in [5.74, 6) is 0. The van der Waals surface area contributed by atoms with E-state index in [2.05, 4.69) is 163 Å². The molecule has 53 heavy (non-hydrogen) atoms. The third-order valence-electron chi connectivity index (χ3n) is 11.1. The van der Waals surface area contributed by atoms with Crippen molar-refractivity contribution in [2.75, 3.05) is 0 Å². The van der Waals surface area contributed by atoms with Gasteiger partial charge in [-0.2, -0.15) is 0 Å².